The molecule has 1 unspecified atom stereocenters. The largest absolute Gasteiger partial charge is 0.308 e. The van der Waals surface area contributed by atoms with E-state index in [0.717, 1.165) is 20.9 Å². The topological polar surface area (TPSA) is 76.9 Å². The van der Waals surface area contributed by atoms with Crippen molar-refractivity contribution in [2.45, 2.75) is 35.9 Å². The van der Waals surface area contributed by atoms with Gasteiger partial charge in [-0.1, -0.05) is 31.2 Å². The first-order valence-corrected chi connectivity index (χ1v) is 11.3. The van der Waals surface area contributed by atoms with E-state index in [9.17, 15) is 8.42 Å². The van der Waals surface area contributed by atoms with Crippen LogP contribution in [0.1, 0.15) is 31.6 Å². The third kappa shape index (κ3) is 5.28. The van der Waals surface area contributed by atoms with Crippen LogP contribution in [-0.4, -0.2) is 28.9 Å². The zero-order chi connectivity index (χ0) is 18.4. The minimum atomic E-state index is -3.63. The molecular weight excluding hydrogens is 471 g/mol. The predicted molar refractivity (Wildman–Crippen MR) is 109 cm³/mol. The highest BCUT2D eigenvalue weighted by atomic mass is 127. The molecule has 0 bridgehead atoms. The second-order valence-corrected chi connectivity index (χ2v) is 9.36. The van der Waals surface area contributed by atoms with Crippen LogP contribution >= 0.6 is 34.4 Å². The number of nitrogens with zero attached hydrogens (tertiary/aromatic N) is 3. The monoisotopic (exact) mass is 492 g/mol. The van der Waals surface area contributed by atoms with Gasteiger partial charge >= 0.3 is 0 Å². The molecule has 136 valence electrons. The Hall–Kier alpha value is -0.910. The molecule has 1 heterocycles. The van der Waals surface area contributed by atoms with Crippen LogP contribution in [0.3, 0.4) is 0 Å². The van der Waals surface area contributed by atoms with Crippen molar-refractivity contribution >= 4 is 44.4 Å². The number of halogens is 1. The van der Waals surface area contributed by atoms with E-state index in [4.69, 9.17) is 0 Å². The van der Waals surface area contributed by atoms with Crippen molar-refractivity contribution < 1.29 is 8.42 Å². The Kier molecular flexibility index (Phi) is 7.47. The molecule has 0 saturated heterocycles. The maximum atomic E-state index is 12.7. The average molecular weight is 492 g/mol. The van der Waals surface area contributed by atoms with Crippen LogP contribution in [-0.2, 0) is 17.1 Å². The standard InChI is InChI=1S/C16H21IN4O2S2/c1-4-6-14(15-18-19-16(21(15)3)24-11-5-2)20-25(22,23)13-9-7-12(17)8-10-13/h5,7-10,14,20H,2,4,6,11H2,1,3H3. The summed E-state index contributed by atoms with van der Waals surface area (Å²) in [5.74, 6) is 1.33. The Morgan fingerprint density at radius 1 is 1.36 bits per heavy atom. The van der Waals surface area contributed by atoms with Gasteiger partial charge in [0.05, 0.1) is 10.9 Å². The van der Waals surface area contributed by atoms with Crippen molar-refractivity contribution in [1.82, 2.24) is 19.5 Å². The second-order valence-electron chi connectivity index (χ2n) is 5.42. The van der Waals surface area contributed by atoms with Crippen LogP contribution in [0, 0.1) is 3.57 Å². The molecule has 9 heteroatoms. The van der Waals surface area contributed by atoms with E-state index in [1.165, 1.54) is 11.8 Å². The first kappa shape index (κ1) is 20.4. The molecule has 1 N–H and O–H groups in total. The zero-order valence-corrected chi connectivity index (χ0v) is 17.9. The van der Waals surface area contributed by atoms with Crippen LogP contribution in [0.2, 0.25) is 0 Å². The van der Waals surface area contributed by atoms with Gasteiger partial charge in [0.25, 0.3) is 0 Å². The summed E-state index contributed by atoms with van der Waals surface area (Å²) in [5.41, 5.74) is 0. The van der Waals surface area contributed by atoms with Gasteiger partial charge in [0, 0.05) is 16.4 Å². The highest BCUT2D eigenvalue weighted by molar-refractivity contribution is 14.1. The van der Waals surface area contributed by atoms with Gasteiger partial charge in [-0.25, -0.2) is 13.1 Å². The fourth-order valence-electron chi connectivity index (χ4n) is 2.29. The van der Waals surface area contributed by atoms with Crippen molar-refractivity contribution in [3.63, 3.8) is 0 Å². The maximum absolute atomic E-state index is 12.7. The lowest BCUT2D eigenvalue weighted by atomic mass is 10.2. The normalized spacial score (nSPS) is 12.9. The number of hydrogen-bond donors (Lipinski definition) is 1. The summed E-state index contributed by atoms with van der Waals surface area (Å²) in [6.45, 7) is 5.70. The number of sulfonamides is 1. The van der Waals surface area contributed by atoms with Gasteiger partial charge in [0.15, 0.2) is 11.0 Å². The molecule has 1 aromatic heterocycles. The average Bonchev–Trinajstić information content (AvgIpc) is 2.93. The molecule has 0 saturated carbocycles. The molecule has 0 amide bonds. The third-order valence-electron chi connectivity index (χ3n) is 3.51. The van der Waals surface area contributed by atoms with Crippen LogP contribution in [0.25, 0.3) is 0 Å². The lowest BCUT2D eigenvalue weighted by Crippen LogP contribution is -2.30. The van der Waals surface area contributed by atoms with Crippen molar-refractivity contribution in [2.24, 2.45) is 7.05 Å². The van der Waals surface area contributed by atoms with Crippen LogP contribution < -0.4 is 4.72 Å². The number of benzene rings is 1. The lowest BCUT2D eigenvalue weighted by Gasteiger charge is -2.17. The second kappa shape index (κ2) is 9.15. The van der Waals surface area contributed by atoms with Gasteiger partial charge in [-0.15, -0.1) is 16.8 Å². The van der Waals surface area contributed by atoms with Crippen LogP contribution in [0.4, 0.5) is 0 Å². The van der Waals surface area contributed by atoms with Crippen molar-refractivity contribution in [3.05, 3.63) is 46.3 Å². The van der Waals surface area contributed by atoms with E-state index in [1.807, 2.05) is 18.5 Å². The molecule has 25 heavy (non-hydrogen) atoms. The minimum Gasteiger partial charge on any atom is -0.308 e. The van der Waals surface area contributed by atoms with E-state index >= 15 is 0 Å². The molecule has 0 fully saturated rings. The SMILES string of the molecule is C=CCSc1nnc(C(CCC)NS(=O)(=O)c2ccc(I)cc2)n1C. The van der Waals surface area contributed by atoms with Crippen molar-refractivity contribution in [1.29, 1.82) is 0 Å². The van der Waals surface area contributed by atoms with E-state index in [2.05, 4.69) is 44.1 Å². The molecule has 0 spiro atoms. The molecular formula is C16H21IN4O2S2. The fraction of sp³-hybridized carbons (Fsp3) is 0.375. The van der Waals surface area contributed by atoms with E-state index in [-0.39, 0.29) is 4.90 Å². The number of rotatable bonds is 9. The Bertz CT molecular complexity index is 819. The highest BCUT2D eigenvalue weighted by Crippen LogP contribution is 2.24. The first-order chi connectivity index (χ1) is 11.9. The van der Waals surface area contributed by atoms with Gasteiger partial charge in [0.1, 0.15) is 0 Å². The Morgan fingerprint density at radius 2 is 2.04 bits per heavy atom. The molecule has 0 aliphatic heterocycles. The number of thioether (sulfide) groups is 1. The Morgan fingerprint density at radius 3 is 2.64 bits per heavy atom. The summed E-state index contributed by atoms with van der Waals surface area (Å²) < 4.78 is 31.0. The summed E-state index contributed by atoms with van der Waals surface area (Å²) in [6, 6.07) is 6.33. The molecule has 1 aromatic carbocycles. The predicted octanol–water partition coefficient (Wildman–Crippen LogP) is 3.52. The number of nitrogens with one attached hydrogen (secondary N) is 1. The minimum absolute atomic E-state index is 0.248. The highest BCUT2D eigenvalue weighted by Gasteiger charge is 2.25. The van der Waals surface area contributed by atoms with Gasteiger partial charge in [-0.3, -0.25) is 0 Å². The summed E-state index contributed by atoms with van der Waals surface area (Å²) in [7, 11) is -1.78. The van der Waals surface area contributed by atoms with Crippen molar-refractivity contribution in [3.8, 4) is 0 Å². The molecule has 0 radical (unpaired) electrons. The van der Waals surface area contributed by atoms with Gasteiger partial charge in [0.2, 0.25) is 10.0 Å². The molecule has 2 aromatic rings. The summed E-state index contributed by atoms with van der Waals surface area (Å²) in [4.78, 5) is 0.248. The van der Waals surface area contributed by atoms with Crippen LogP contribution in [0.15, 0.2) is 47.0 Å². The summed E-state index contributed by atoms with van der Waals surface area (Å²) in [5, 5.41) is 9.11. The molecule has 0 aliphatic rings. The van der Waals surface area contributed by atoms with Gasteiger partial charge in [-0.05, 0) is 53.3 Å². The lowest BCUT2D eigenvalue weighted by molar-refractivity contribution is 0.505. The van der Waals surface area contributed by atoms with E-state index in [1.54, 1.807) is 30.3 Å². The third-order valence-corrected chi connectivity index (χ3v) is 6.73. The number of hydrogen-bond acceptors (Lipinski definition) is 5. The summed E-state index contributed by atoms with van der Waals surface area (Å²) in [6.07, 6.45) is 3.26. The first-order valence-electron chi connectivity index (χ1n) is 7.80. The van der Waals surface area contributed by atoms with Crippen LogP contribution in [0.5, 0.6) is 0 Å². The van der Waals surface area contributed by atoms with E-state index in [0.29, 0.717) is 12.2 Å². The Labute approximate surface area is 166 Å². The fourth-order valence-corrected chi connectivity index (χ4v) is 4.53. The quantitative estimate of drug-likeness (QED) is 0.330. The maximum Gasteiger partial charge on any atom is 0.241 e. The molecule has 1 atom stereocenters. The van der Waals surface area contributed by atoms with Crippen molar-refractivity contribution in [2.75, 3.05) is 5.75 Å². The van der Waals surface area contributed by atoms with E-state index < -0.39 is 16.1 Å². The molecule has 0 aliphatic carbocycles. The summed E-state index contributed by atoms with van der Waals surface area (Å²) >= 11 is 3.66. The van der Waals surface area contributed by atoms with Gasteiger partial charge < -0.3 is 4.57 Å². The zero-order valence-electron chi connectivity index (χ0n) is 14.1. The molecule has 6 nitrogen and oxygen atoms in total. The van der Waals surface area contributed by atoms with Gasteiger partial charge in [-0.2, -0.15) is 0 Å². The molecule has 2 rings (SSSR count). The Balaban J connectivity index is 2.27. The smallest absolute Gasteiger partial charge is 0.241 e. The number of aromatic nitrogens is 3.